The lowest BCUT2D eigenvalue weighted by atomic mass is 10.2. The van der Waals surface area contributed by atoms with Crippen LogP contribution in [0.3, 0.4) is 0 Å². The van der Waals surface area contributed by atoms with Gasteiger partial charge in [0, 0.05) is 14.0 Å². The van der Waals surface area contributed by atoms with Crippen LogP contribution in [-0.4, -0.2) is 36.7 Å². The first-order chi connectivity index (χ1) is 5.56. The lowest BCUT2D eigenvalue weighted by Crippen LogP contribution is -2.38. The lowest BCUT2D eigenvalue weighted by molar-refractivity contribution is -0.138. The first-order valence-electron chi connectivity index (χ1n) is 3.54. The molecule has 0 aromatic carbocycles. The van der Waals surface area contributed by atoms with E-state index in [4.69, 9.17) is 9.84 Å². The molecule has 0 fully saturated rings. The highest BCUT2D eigenvalue weighted by molar-refractivity contribution is 5.74. The van der Waals surface area contributed by atoms with Crippen molar-refractivity contribution in [3.8, 4) is 0 Å². The van der Waals surface area contributed by atoms with Gasteiger partial charge in [0.05, 0.1) is 19.1 Å². The highest BCUT2D eigenvalue weighted by Gasteiger charge is 2.13. The van der Waals surface area contributed by atoms with Crippen LogP contribution in [0.1, 0.15) is 13.3 Å². The number of carboxylic acid groups (broad SMARTS) is 1. The SMILES string of the molecule is COC[C@H](CC(=O)O)NC(C)=O. The van der Waals surface area contributed by atoms with Crippen molar-refractivity contribution in [3.63, 3.8) is 0 Å². The van der Waals surface area contributed by atoms with Crippen LogP contribution in [0.2, 0.25) is 0 Å². The van der Waals surface area contributed by atoms with Gasteiger partial charge in [-0.05, 0) is 0 Å². The summed E-state index contributed by atoms with van der Waals surface area (Å²) in [5.41, 5.74) is 0. The summed E-state index contributed by atoms with van der Waals surface area (Å²) in [5.74, 6) is -1.20. The third-order valence-electron chi connectivity index (χ3n) is 1.20. The molecule has 5 nitrogen and oxygen atoms in total. The van der Waals surface area contributed by atoms with Crippen molar-refractivity contribution < 1.29 is 19.4 Å². The molecule has 0 aliphatic carbocycles. The molecule has 70 valence electrons. The number of carboxylic acids is 1. The van der Waals surface area contributed by atoms with Crippen LogP contribution in [0.4, 0.5) is 0 Å². The number of rotatable bonds is 5. The van der Waals surface area contributed by atoms with Gasteiger partial charge in [-0.25, -0.2) is 0 Å². The Labute approximate surface area is 70.7 Å². The summed E-state index contributed by atoms with van der Waals surface area (Å²) in [4.78, 5) is 20.8. The smallest absolute Gasteiger partial charge is 0.305 e. The fourth-order valence-corrected chi connectivity index (χ4v) is 0.851. The third-order valence-corrected chi connectivity index (χ3v) is 1.20. The predicted octanol–water partition coefficient (Wildman–Crippen LogP) is -0.388. The van der Waals surface area contributed by atoms with Crippen molar-refractivity contribution in [2.24, 2.45) is 0 Å². The molecule has 0 radical (unpaired) electrons. The predicted molar refractivity (Wildman–Crippen MR) is 41.7 cm³/mol. The number of amides is 1. The summed E-state index contributed by atoms with van der Waals surface area (Å²) in [6, 6.07) is -0.440. The molecule has 0 spiro atoms. The molecule has 0 bridgehead atoms. The van der Waals surface area contributed by atoms with Gasteiger partial charge < -0.3 is 15.2 Å². The van der Waals surface area contributed by atoms with Gasteiger partial charge in [-0.3, -0.25) is 9.59 Å². The summed E-state index contributed by atoms with van der Waals surface area (Å²) in [6.45, 7) is 1.55. The van der Waals surface area contributed by atoms with Crippen molar-refractivity contribution in [2.45, 2.75) is 19.4 Å². The Hall–Kier alpha value is -1.10. The summed E-state index contributed by atoms with van der Waals surface area (Å²) in [7, 11) is 1.46. The molecule has 0 unspecified atom stereocenters. The van der Waals surface area contributed by atoms with Crippen molar-refractivity contribution in [3.05, 3.63) is 0 Å². The normalized spacial score (nSPS) is 12.2. The second-order valence-corrected chi connectivity index (χ2v) is 2.45. The Morgan fingerprint density at radius 2 is 2.17 bits per heavy atom. The zero-order valence-corrected chi connectivity index (χ0v) is 7.16. The van der Waals surface area contributed by atoms with E-state index in [1.807, 2.05) is 0 Å². The molecule has 0 rings (SSSR count). The van der Waals surface area contributed by atoms with E-state index in [0.717, 1.165) is 0 Å². The molecule has 1 amide bonds. The minimum Gasteiger partial charge on any atom is -0.481 e. The Bertz CT molecular complexity index is 153. The number of methoxy groups -OCH3 is 1. The molecule has 5 heteroatoms. The van der Waals surface area contributed by atoms with E-state index in [-0.39, 0.29) is 18.9 Å². The van der Waals surface area contributed by atoms with E-state index in [9.17, 15) is 9.59 Å². The summed E-state index contributed by atoms with van der Waals surface area (Å²) >= 11 is 0. The van der Waals surface area contributed by atoms with Crippen molar-refractivity contribution in [2.75, 3.05) is 13.7 Å². The average Bonchev–Trinajstić information content (AvgIpc) is 1.84. The van der Waals surface area contributed by atoms with Gasteiger partial charge in [0.2, 0.25) is 5.91 Å². The van der Waals surface area contributed by atoms with Crippen LogP contribution in [0.15, 0.2) is 0 Å². The molecule has 0 aliphatic rings. The monoisotopic (exact) mass is 175 g/mol. The average molecular weight is 175 g/mol. The van der Waals surface area contributed by atoms with Crippen molar-refractivity contribution >= 4 is 11.9 Å². The maximum Gasteiger partial charge on any atom is 0.305 e. The van der Waals surface area contributed by atoms with Gasteiger partial charge >= 0.3 is 5.97 Å². The largest absolute Gasteiger partial charge is 0.481 e. The van der Waals surface area contributed by atoms with Crippen LogP contribution in [0, 0.1) is 0 Å². The van der Waals surface area contributed by atoms with E-state index in [2.05, 4.69) is 5.32 Å². The minimum atomic E-state index is -0.953. The summed E-state index contributed by atoms with van der Waals surface area (Å²) < 4.78 is 4.73. The van der Waals surface area contributed by atoms with Crippen LogP contribution in [-0.2, 0) is 14.3 Å². The van der Waals surface area contributed by atoms with E-state index in [1.54, 1.807) is 0 Å². The molecular weight excluding hydrogens is 162 g/mol. The second kappa shape index (κ2) is 5.54. The molecule has 1 atom stereocenters. The molecule has 12 heavy (non-hydrogen) atoms. The molecule has 0 saturated carbocycles. The molecule has 0 aromatic rings. The minimum absolute atomic E-state index is 0.118. The number of carbonyl (C=O) groups excluding carboxylic acids is 1. The van der Waals surface area contributed by atoms with Crippen LogP contribution in [0.5, 0.6) is 0 Å². The molecule has 0 saturated heterocycles. The maximum atomic E-state index is 10.6. The fourth-order valence-electron chi connectivity index (χ4n) is 0.851. The third kappa shape index (κ3) is 5.67. The molecular formula is C7H13NO4. The maximum absolute atomic E-state index is 10.6. The molecule has 0 aliphatic heterocycles. The number of carbonyl (C=O) groups is 2. The van der Waals surface area contributed by atoms with Gasteiger partial charge in [0.15, 0.2) is 0 Å². The van der Waals surface area contributed by atoms with Crippen molar-refractivity contribution in [1.29, 1.82) is 0 Å². The zero-order chi connectivity index (χ0) is 9.56. The number of hydrogen-bond donors (Lipinski definition) is 2. The number of hydrogen-bond acceptors (Lipinski definition) is 3. The van der Waals surface area contributed by atoms with Gasteiger partial charge in [0.1, 0.15) is 0 Å². The second-order valence-electron chi connectivity index (χ2n) is 2.45. The first kappa shape index (κ1) is 10.9. The van der Waals surface area contributed by atoms with E-state index >= 15 is 0 Å². The highest BCUT2D eigenvalue weighted by Crippen LogP contribution is 1.92. The van der Waals surface area contributed by atoms with Gasteiger partial charge in [0.25, 0.3) is 0 Å². The Balaban J connectivity index is 3.85. The Morgan fingerprint density at radius 3 is 2.50 bits per heavy atom. The quantitative estimate of drug-likeness (QED) is 0.596. The molecule has 0 aromatic heterocycles. The Kier molecular flexibility index (Phi) is 5.03. The zero-order valence-electron chi connectivity index (χ0n) is 7.16. The fraction of sp³-hybridized carbons (Fsp3) is 0.714. The first-order valence-corrected chi connectivity index (χ1v) is 3.54. The van der Waals surface area contributed by atoms with Crippen molar-refractivity contribution in [1.82, 2.24) is 5.32 Å². The van der Waals surface area contributed by atoms with Gasteiger partial charge in [-0.2, -0.15) is 0 Å². The number of nitrogens with one attached hydrogen (secondary N) is 1. The Morgan fingerprint density at radius 1 is 1.58 bits per heavy atom. The highest BCUT2D eigenvalue weighted by atomic mass is 16.5. The summed E-state index contributed by atoms with van der Waals surface area (Å²) in [5, 5.41) is 10.9. The number of ether oxygens (including phenoxy) is 1. The molecule has 0 heterocycles. The van der Waals surface area contributed by atoms with Gasteiger partial charge in [-0.15, -0.1) is 0 Å². The van der Waals surface area contributed by atoms with Crippen LogP contribution in [0.25, 0.3) is 0 Å². The number of aliphatic carboxylic acids is 1. The topological polar surface area (TPSA) is 75.6 Å². The van der Waals surface area contributed by atoms with E-state index < -0.39 is 12.0 Å². The van der Waals surface area contributed by atoms with E-state index in [0.29, 0.717) is 0 Å². The standard InChI is InChI=1S/C7H13NO4/c1-5(9)8-6(4-12-2)3-7(10)11/h6H,3-4H2,1-2H3,(H,8,9)(H,10,11)/t6-/m0/s1. The molecule has 2 N–H and O–H groups in total. The van der Waals surface area contributed by atoms with E-state index in [1.165, 1.54) is 14.0 Å². The summed E-state index contributed by atoms with van der Waals surface area (Å²) in [6.07, 6.45) is -0.118. The van der Waals surface area contributed by atoms with Crippen LogP contribution < -0.4 is 5.32 Å². The van der Waals surface area contributed by atoms with Gasteiger partial charge in [-0.1, -0.05) is 0 Å². The van der Waals surface area contributed by atoms with Crippen LogP contribution >= 0.6 is 0 Å². The lowest BCUT2D eigenvalue weighted by Gasteiger charge is -2.13.